The summed E-state index contributed by atoms with van der Waals surface area (Å²) in [5.74, 6) is -2.61. The van der Waals surface area contributed by atoms with E-state index in [0.717, 1.165) is 27.2 Å². The number of alkyl halides is 1. The number of ether oxygens (including phenoxy) is 2. The largest absolute Gasteiger partial charge is 0.467 e. The Morgan fingerprint density at radius 1 is 0.902 bits per heavy atom. The lowest BCUT2D eigenvalue weighted by molar-refractivity contribution is -0.147. The second-order valence-corrected chi connectivity index (χ2v) is 11.3. The van der Waals surface area contributed by atoms with Crippen LogP contribution < -0.4 is 10.6 Å². The van der Waals surface area contributed by atoms with E-state index < -0.39 is 48.2 Å². The van der Waals surface area contributed by atoms with Gasteiger partial charge in [-0.15, -0.1) is 0 Å². The third kappa shape index (κ3) is 6.36. The predicted molar refractivity (Wildman–Crippen MR) is 151 cm³/mol. The molecule has 3 amide bonds. The maximum absolute atomic E-state index is 14.6. The molecule has 0 spiro atoms. The Morgan fingerprint density at radius 3 is 2.00 bits per heavy atom. The van der Waals surface area contributed by atoms with E-state index in [2.05, 4.69) is 10.6 Å². The molecule has 0 unspecified atom stereocenters. The van der Waals surface area contributed by atoms with Crippen molar-refractivity contribution in [2.45, 2.75) is 64.3 Å². The van der Waals surface area contributed by atoms with Crippen molar-refractivity contribution in [3.8, 4) is 11.1 Å². The molecule has 2 aliphatic rings. The fraction of sp³-hybridized carbons (Fsp3) is 0.484. The molecule has 2 aromatic rings. The molecule has 2 N–H and O–H groups in total. The molecule has 0 radical (unpaired) electrons. The van der Waals surface area contributed by atoms with Crippen LogP contribution in [0.4, 0.5) is 9.18 Å². The first-order chi connectivity index (χ1) is 19.5. The van der Waals surface area contributed by atoms with Crippen LogP contribution in [0.2, 0.25) is 0 Å². The minimum absolute atomic E-state index is 0.0375. The normalized spacial score (nSPS) is 19.4. The number of rotatable bonds is 9. The summed E-state index contributed by atoms with van der Waals surface area (Å²) in [7, 11) is 1.23. The van der Waals surface area contributed by atoms with Crippen LogP contribution in [0.25, 0.3) is 11.1 Å². The molecule has 2 aromatic carbocycles. The van der Waals surface area contributed by atoms with E-state index in [1.54, 1.807) is 27.7 Å². The maximum Gasteiger partial charge on any atom is 0.410 e. The number of likely N-dealkylation sites (tertiary alicyclic amines) is 1. The number of halogens is 1. The number of fused-ring (bicyclic) bond motifs is 3. The number of amides is 3. The van der Waals surface area contributed by atoms with Gasteiger partial charge in [-0.3, -0.25) is 14.5 Å². The Labute approximate surface area is 239 Å². The number of carbonyl (C=O) groups excluding carboxylic acids is 4. The van der Waals surface area contributed by atoms with Crippen LogP contribution in [0.5, 0.6) is 0 Å². The number of hydrogen-bond donors (Lipinski definition) is 2. The summed E-state index contributed by atoms with van der Waals surface area (Å²) in [6.45, 7) is 6.75. The van der Waals surface area contributed by atoms with Crippen LogP contribution in [0.15, 0.2) is 48.5 Å². The van der Waals surface area contributed by atoms with E-state index in [-0.39, 0.29) is 37.3 Å². The summed E-state index contributed by atoms with van der Waals surface area (Å²) in [6.07, 6.45) is -2.41. The number of esters is 1. The highest BCUT2D eigenvalue weighted by molar-refractivity contribution is 5.93. The van der Waals surface area contributed by atoms with E-state index in [1.165, 1.54) is 7.11 Å². The van der Waals surface area contributed by atoms with Crippen molar-refractivity contribution in [2.24, 2.45) is 11.8 Å². The van der Waals surface area contributed by atoms with Gasteiger partial charge in [0.1, 0.15) is 30.9 Å². The maximum atomic E-state index is 14.6. The van der Waals surface area contributed by atoms with Gasteiger partial charge < -0.3 is 20.1 Å². The predicted octanol–water partition coefficient (Wildman–Crippen LogP) is 3.80. The van der Waals surface area contributed by atoms with E-state index in [1.807, 2.05) is 48.5 Å². The lowest BCUT2D eigenvalue weighted by Gasteiger charge is -2.29. The van der Waals surface area contributed by atoms with E-state index in [0.29, 0.717) is 0 Å². The number of nitrogens with zero attached hydrogens (tertiary/aromatic N) is 1. The van der Waals surface area contributed by atoms with E-state index >= 15 is 0 Å². The second-order valence-electron chi connectivity index (χ2n) is 11.3. The zero-order valence-electron chi connectivity index (χ0n) is 24.1. The smallest absolute Gasteiger partial charge is 0.410 e. The van der Waals surface area contributed by atoms with Crippen molar-refractivity contribution >= 4 is 23.9 Å². The molecule has 10 heteroatoms. The molecule has 1 heterocycles. The Hall–Kier alpha value is -3.95. The average Bonchev–Trinajstić information content (AvgIpc) is 3.50. The zero-order chi connectivity index (χ0) is 29.8. The van der Waals surface area contributed by atoms with Crippen LogP contribution >= 0.6 is 0 Å². The van der Waals surface area contributed by atoms with Gasteiger partial charge in [0.2, 0.25) is 11.8 Å². The topological polar surface area (TPSA) is 114 Å². The SMILES string of the molecule is COC(=O)[C@@H](NC(=O)[C@@H](NC(=O)[C@@H]1C[C@H](F)CN1C(=O)OCC1c2ccccc2-c2ccccc21)C(C)C)C(C)C. The fourth-order valence-corrected chi connectivity index (χ4v) is 5.56. The van der Waals surface area contributed by atoms with E-state index in [9.17, 15) is 23.6 Å². The van der Waals surface area contributed by atoms with Crippen LogP contribution in [-0.2, 0) is 23.9 Å². The van der Waals surface area contributed by atoms with E-state index in [4.69, 9.17) is 9.47 Å². The van der Waals surface area contributed by atoms with Gasteiger partial charge in [0.15, 0.2) is 0 Å². The standard InChI is InChI=1S/C31H38FN3O6/c1-17(2)26(29(37)34-27(18(3)4)30(38)40-5)33-28(36)25-14-19(32)15-35(25)31(39)41-16-24-22-12-8-6-10-20(22)21-11-7-9-13-23(21)24/h6-13,17-19,24-27H,14-16H2,1-5H3,(H,33,36)(H,34,37)/t19-,25-,26-,27-/m0/s1. The Balaban J connectivity index is 1.44. The van der Waals surface area contributed by atoms with Gasteiger partial charge in [-0.25, -0.2) is 14.0 Å². The lowest BCUT2D eigenvalue weighted by Crippen LogP contribution is -2.57. The highest BCUT2D eigenvalue weighted by Crippen LogP contribution is 2.44. The molecule has 1 aliphatic heterocycles. The summed E-state index contributed by atoms with van der Waals surface area (Å²) < 4.78 is 25.0. The zero-order valence-corrected chi connectivity index (χ0v) is 24.1. The molecule has 4 atom stereocenters. The minimum Gasteiger partial charge on any atom is -0.467 e. The third-order valence-corrected chi connectivity index (χ3v) is 7.79. The Morgan fingerprint density at radius 2 is 1.46 bits per heavy atom. The molecule has 1 aliphatic carbocycles. The van der Waals surface area contributed by atoms with Crippen LogP contribution in [0, 0.1) is 11.8 Å². The molecule has 9 nitrogen and oxygen atoms in total. The first-order valence-electron chi connectivity index (χ1n) is 14.0. The molecule has 0 saturated carbocycles. The quantitative estimate of drug-likeness (QED) is 0.446. The molecule has 0 bridgehead atoms. The summed E-state index contributed by atoms with van der Waals surface area (Å²) in [6, 6.07) is 12.8. The van der Waals surface area contributed by atoms with Gasteiger partial charge >= 0.3 is 12.1 Å². The molecule has 1 fully saturated rings. The number of hydrogen-bond acceptors (Lipinski definition) is 6. The molecular weight excluding hydrogens is 529 g/mol. The molecule has 4 rings (SSSR count). The first-order valence-corrected chi connectivity index (χ1v) is 14.0. The van der Waals surface area contributed by atoms with Gasteiger partial charge in [0.25, 0.3) is 0 Å². The van der Waals surface area contributed by atoms with Crippen molar-refractivity contribution < 1.29 is 33.0 Å². The van der Waals surface area contributed by atoms with Crippen LogP contribution in [-0.4, -0.2) is 73.3 Å². The van der Waals surface area contributed by atoms with Crippen molar-refractivity contribution in [3.63, 3.8) is 0 Å². The van der Waals surface area contributed by atoms with Crippen LogP contribution in [0.3, 0.4) is 0 Å². The third-order valence-electron chi connectivity index (χ3n) is 7.79. The van der Waals surface area contributed by atoms with Gasteiger partial charge in [-0.05, 0) is 34.1 Å². The average molecular weight is 568 g/mol. The van der Waals surface area contributed by atoms with Crippen LogP contribution in [0.1, 0.15) is 51.2 Å². The highest BCUT2D eigenvalue weighted by atomic mass is 19.1. The summed E-state index contributed by atoms with van der Waals surface area (Å²) in [5.41, 5.74) is 4.24. The fourth-order valence-electron chi connectivity index (χ4n) is 5.56. The number of benzene rings is 2. The Bertz CT molecular complexity index is 1250. The molecule has 41 heavy (non-hydrogen) atoms. The summed E-state index contributed by atoms with van der Waals surface area (Å²) in [4.78, 5) is 52.8. The minimum atomic E-state index is -1.41. The van der Waals surface area contributed by atoms with Crippen molar-refractivity contribution in [3.05, 3.63) is 59.7 Å². The molecule has 220 valence electrons. The first kappa shape index (κ1) is 30.0. The van der Waals surface area contributed by atoms with Crippen molar-refractivity contribution in [1.29, 1.82) is 0 Å². The number of methoxy groups -OCH3 is 1. The number of nitrogens with one attached hydrogen (secondary N) is 2. The van der Waals surface area contributed by atoms with Gasteiger partial charge in [-0.2, -0.15) is 0 Å². The monoisotopic (exact) mass is 567 g/mol. The van der Waals surface area contributed by atoms with Gasteiger partial charge in [0.05, 0.1) is 13.7 Å². The molecule has 0 aromatic heterocycles. The van der Waals surface area contributed by atoms with Gasteiger partial charge in [-0.1, -0.05) is 76.2 Å². The molecular formula is C31H38FN3O6. The summed E-state index contributed by atoms with van der Waals surface area (Å²) in [5, 5.41) is 5.32. The highest BCUT2D eigenvalue weighted by Gasteiger charge is 2.43. The van der Waals surface area contributed by atoms with Gasteiger partial charge in [0, 0.05) is 12.3 Å². The number of carbonyl (C=O) groups is 4. The Kier molecular flexibility index (Phi) is 9.30. The van der Waals surface area contributed by atoms with Crippen molar-refractivity contribution in [1.82, 2.24) is 15.5 Å². The molecule has 1 saturated heterocycles. The summed E-state index contributed by atoms with van der Waals surface area (Å²) >= 11 is 0. The van der Waals surface area contributed by atoms with Crippen molar-refractivity contribution in [2.75, 3.05) is 20.3 Å². The lowest BCUT2D eigenvalue weighted by atomic mass is 9.98. The second kappa shape index (κ2) is 12.7.